The first-order valence-electron chi connectivity index (χ1n) is 5.71. The molecule has 1 aromatic carbocycles. The first-order chi connectivity index (χ1) is 8.33. The number of rotatable bonds is 2. The van der Waals surface area contributed by atoms with Gasteiger partial charge in [-0.1, -0.05) is 17.3 Å². The third-order valence-corrected chi connectivity index (χ3v) is 3.04. The van der Waals surface area contributed by atoms with E-state index in [1.54, 1.807) is 6.07 Å². The van der Waals surface area contributed by atoms with Crippen LogP contribution in [-0.2, 0) is 0 Å². The van der Waals surface area contributed by atoms with E-state index >= 15 is 0 Å². The lowest BCUT2D eigenvalue weighted by atomic mass is 10.1. The van der Waals surface area contributed by atoms with Gasteiger partial charge in [0, 0.05) is 12.1 Å². The summed E-state index contributed by atoms with van der Waals surface area (Å²) in [7, 11) is 0. The van der Waals surface area contributed by atoms with Crippen LogP contribution in [0.25, 0.3) is 11.3 Å². The van der Waals surface area contributed by atoms with Crippen LogP contribution in [0.4, 0.5) is 4.39 Å². The first-order valence-corrected chi connectivity index (χ1v) is 5.71. The topological polar surface area (TPSA) is 42.7 Å². The zero-order valence-electron chi connectivity index (χ0n) is 9.31. The molecule has 0 saturated carbocycles. The number of nitrogens with one attached hydrogen (secondary N) is 1. The number of halogens is 1. The molecule has 0 amide bonds. The van der Waals surface area contributed by atoms with Gasteiger partial charge in [0.25, 0.3) is 0 Å². The molecular formula is C12H13FN4. The van der Waals surface area contributed by atoms with Gasteiger partial charge in [-0.3, -0.25) is 0 Å². The molecule has 5 heteroatoms. The van der Waals surface area contributed by atoms with Gasteiger partial charge < -0.3 is 5.32 Å². The summed E-state index contributed by atoms with van der Waals surface area (Å²) in [5.74, 6) is -0.250. The van der Waals surface area contributed by atoms with Crippen molar-refractivity contribution >= 4 is 0 Å². The zero-order valence-corrected chi connectivity index (χ0v) is 9.31. The van der Waals surface area contributed by atoms with Crippen molar-refractivity contribution in [1.82, 2.24) is 20.3 Å². The lowest BCUT2D eigenvalue weighted by Crippen LogP contribution is -2.13. The molecule has 1 aromatic heterocycles. The van der Waals surface area contributed by atoms with Crippen LogP contribution in [0.3, 0.4) is 0 Å². The Kier molecular flexibility index (Phi) is 2.60. The summed E-state index contributed by atoms with van der Waals surface area (Å²) in [6.45, 7) is 1.94. The van der Waals surface area contributed by atoms with E-state index in [9.17, 15) is 4.39 Å². The molecule has 0 radical (unpaired) electrons. The first kappa shape index (κ1) is 10.4. The standard InChI is InChI=1S/C12H13FN4/c13-10-3-1-2-9(6-10)12-8-17(16-15-12)11-4-5-14-7-11/h1-3,6,8,11,14H,4-5,7H2. The van der Waals surface area contributed by atoms with Crippen LogP contribution in [0.2, 0.25) is 0 Å². The molecule has 3 rings (SSSR count). The SMILES string of the molecule is Fc1cccc(-c2cn(C3CCNC3)nn2)c1. The highest BCUT2D eigenvalue weighted by Gasteiger charge is 2.18. The Labute approximate surface area is 98.5 Å². The van der Waals surface area contributed by atoms with E-state index in [-0.39, 0.29) is 5.82 Å². The number of nitrogens with zero attached hydrogens (tertiary/aromatic N) is 3. The molecule has 0 aliphatic carbocycles. The summed E-state index contributed by atoms with van der Waals surface area (Å²) in [5, 5.41) is 11.5. The quantitative estimate of drug-likeness (QED) is 0.855. The summed E-state index contributed by atoms with van der Waals surface area (Å²) >= 11 is 0. The van der Waals surface area contributed by atoms with Gasteiger partial charge in [-0.2, -0.15) is 0 Å². The Morgan fingerprint density at radius 3 is 3.12 bits per heavy atom. The van der Waals surface area contributed by atoms with Gasteiger partial charge >= 0.3 is 0 Å². The molecule has 1 aliphatic heterocycles. The predicted molar refractivity (Wildman–Crippen MR) is 61.9 cm³/mol. The highest BCUT2D eigenvalue weighted by atomic mass is 19.1. The summed E-state index contributed by atoms with van der Waals surface area (Å²) in [4.78, 5) is 0. The smallest absolute Gasteiger partial charge is 0.123 e. The van der Waals surface area contributed by atoms with Crippen LogP contribution >= 0.6 is 0 Å². The molecule has 1 fully saturated rings. The van der Waals surface area contributed by atoms with Crippen LogP contribution in [0.1, 0.15) is 12.5 Å². The summed E-state index contributed by atoms with van der Waals surface area (Å²) in [6.07, 6.45) is 2.94. The molecule has 17 heavy (non-hydrogen) atoms. The average Bonchev–Trinajstić information content (AvgIpc) is 3.00. The second-order valence-corrected chi connectivity index (χ2v) is 4.24. The molecule has 4 nitrogen and oxygen atoms in total. The molecule has 0 bridgehead atoms. The minimum absolute atomic E-state index is 0.250. The Hall–Kier alpha value is -1.75. The van der Waals surface area contributed by atoms with Crippen molar-refractivity contribution in [2.45, 2.75) is 12.5 Å². The third kappa shape index (κ3) is 2.06. The molecule has 1 aliphatic rings. The third-order valence-electron chi connectivity index (χ3n) is 3.04. The highest BCUT2D eigenvalue weighted by molar-refractivity contribution is 5.57. The zero-order chi connectivity index (χ0) is 11.7. The van der Waals surface area contributed by atoms with Crippen LogP contribution < -0.4 is 5.32 Å². The lowest BCUT2D eigenvalue weighted by molar-refractivity contribution is 0.476. The number of aromatic nitrogens is 3. The maximum Gasteiger partial charge on any atom is 0.123 e. The van der Waals surface area contributed by atoms with E-state index in [1.165, 1.54) is 12.1 Å². The molecule has 88 valence electrons. The summed E-state index contributed by atoms with van der Waals surface area (Å²) in [6, 6.07) is 6.78. The van der Waals surface area contributed by atoms with E-state index in [2.05, 4.69) is 15.6 Å². The molecule has 1 unspecified atom stereocenters. The van der Waals surface area contributed by atoms with Crippen molar-refractivity contribution in [1.29, 1.82) is 0 Å². The fourth-order valence-electron chi connectivity index (χ4n) is 2.10. The van der Waals surface area contributed by atoms with Gasteiger partial charge in [0.2, 0.25) is 0 Å². The molecule has 0 spiro atoms. The maximum absolute atomic E-state index is 13.1. The van der Waals surface area contributed by atoms with Crippen molar-refractivity contribution in [3.63, 3.8) is 0 Å². The minimum atomic E-state index is -0.250. The maximum atomic E-state index is 13.1. The van der Waals surface area contributed by atoms with Gasteiger partial charge in [-0.25, -0.2) is 9.07 Å². The molecule has 1 saturated heterocycles. The Morgan fingerprint density at radius 2 is 2.35 bits per heavy atom. The largest absolute Gasteiger partial charge is 0.315 e. The van der Waals surface area contributed by atoms with E-state index in [0.29, 0.717) is 6.04 Å². The van der Waals surface area contributed by atoms with Crippen molar-refractivity contribution in [3.05, 3.63) is 36.3 Å². The highest BCUT2D eigenvalue weighted by Crippen LogP contribution is 2.20. The fourth-order valence-corrected chi connectivity index (χ4v) is 2.10. The van der Waals surface area contributed by atoms with Gasteiger partial charge in [0.1, 0.15) is 11.5 Å². The molecular weight excluding hydrogens is 219 g/mol. The van der Waals surface area contributed by atoms with E-state index in [1.807, 2.05) is 16.9 Å². The average molecular weight is 232 g/mol. The molecule has 1 atom stereocenters. The van der Waals surface area contributed by atoms with Crippen LogP contribution in [0.15, 0.2) is 30.5 Å². The van der Waals surface area contributed by atoms with Gasteiger partial charge in [-0.05, 0) is 25.1 Å². The normalized spacial score (nSPS) is 19.7. The second kappa shape index (κ2) is 4.25. The summed E-state index contributed by atoms with van der Waals surface area (Å²) < 4.78 is 15.0. The van der Waals surface area contributed by atoms with Crippen LogP contribution in [-0.4, -0.2) is 28.1 Å². The molecule has 2 aromatic rings. The number of benzene rings is 1. The molecule has 1 N–H and O–H groups in total. The fraction of sp³-hybridized carbons (Fsp3) is 0.333. The van der Waals surface area contributed by atoms with Gasteiger partial charge in [0.15, 0.2) is 0 Å². The Balaban J connectivity index is 1.89. The van der Waals surface area contributed by atoms with Crippen molar-refractivity contribution in [2.75, 3.05) is 13.1 Å². The van der Waals surface area contributed by atoms with E-state index in [4.69, 9.17) is 0 Å². The van der Waals surface area contributed by atoms with Crippen LogP contribution in [0.5, 0.6) is 0 Å². The molecule has 2 heterocycles. The van der Waals surface area contributed by atoms with E-state index < -0.39 is 0 Å². The Morgan fingerprint density at radius 1 is 1.41 bits per heavy atom. The number of hydrogen-bond acceptors (Lipinski definition) is 3. The predicted octanol–water partition coefficient (Wildman–Crippen LogP) is 1.62. The van der Waals surface area contributed by atoms with Crippen molar-refractivity contribution in [3.8, 4) is 11.3 Å². The van der Waals surface area contributed by atoms with Crippen LogP contribution in [0, 0.1) is 5.82 Å². The Bertz CT molecular complexity index is 517. The minimum Gasteiger partial charge on any atom is -0.315 e. The van der Waals surface area contributed by atoms with Crippen molar-refractivity contribution in [2.24, 2.45) is 0 Å². The monoisotopic (exact) mass is 232 g/mol. The number of hydrogen-bond donors (Lipinski definition) is 1. The van der Waals surface area contributed by atoms with Gasteiger partial charge in [0.05, 0.1) is 12.2 Å². The second-order valence-electron chi connectivity index (χ2n) is 4.24. The summed E-state index contributed by atoms with van der Waals surface area (Å²) in [5.41, 5.74) is 1.48. The van der Waals surface area contributed by atoms with Gasteiger partial charge in [-0.15, -0.1) is 5.10 Å². The van der Waals surface area contributed by atoms with E-state index in [0.717, 1.165) is 30.8 Å². The lowest BCUT2D eigenvalue weighted by Gasteiger charge is -2.06. The van der Waals surface area contributed by atoms with Crippen molar-refractivity contribution < 1.29 is 4.39 Å².